The molecule has 0 aliphatic carbocycles. The van der Waals surface area contributed by atoms with Gasteiger partial charge < -0.3 is 5.32 Å². The van der Waals surface area contributed by atoms with Crippen molar-refractivity contribution in [2.45, 2.75) is 52.0 Å². The molecule has 120 valence electrons. The van der Waals surface area contributed by atoms with Gasteiger partial charge in [0.1, 0.15) is 9.84 Å². The minimum atomic E-state index is -2.84. The monoisotopic (exact) mass is 311 g/mol. The Hall–Kier alpha value is -0.870. The molecule has 1 rings (SSSR count). The Morgan fingerprint density at radius 2 is 1.81 bits per heavy atom. The normalized spacial score (nSPS) is 13.3. The van der Waals surface area contributed by atoms with E-state index in [0.717, 1.165) is 38.6 Å². The van der Waals surface area contributed by atoms with Gasteiger partial charge in [-0.15, -0.1) is 0 Å². The smallest absolute Gasteiger partial charge is 0.147 e. The van der Waals surface area contributed by atoms with Gasteiger partial charge in [0.05, 0.1) is 0 Å². The van der Waals surface area contributed by atoms with Crippen LogP contribution in [0.3, 0.4) is 0 Å². The molecule has 0 saturated heterocycles. The largest absolute Gasteiger partial charge is 0.314 e. The number of aryl methyl sites for hydroxylation is 2. The Morgan fingerprint density at radius 1 is 1.14 bits per heavy atom. The zero-order valence-corrected chi connectivity index (χ0v) is 14.4. The summed E-state index contributed by atoms with van der Waals surface area (Å²) in [6.07, 6.45) is 6.20. The average Bonchev–Trinajstić information content (AvgIpc) is 2.41. The highest BCUT2D eigenvalue weighted by Gasteiger charge is 2.10. The van der Waals surface area contributed by atoms with Crippen molar-refractivity contribution in [3.63, 3.8) is 0 Å². The van der Waals surface area contributed by atoms with Crippen molar-refractivity contribution in [2.75, 3.05) is 18.6 Å². The molecule has 1 unspecified atom stereocenters. The highest BCUT2D eigenvalue weighted by Crippen LogP contribution is 2.11. The molecular formula is C17H29NO2S. The number of nitrogens with one attached hydrogen (secondary N) is 1. The fraction of sp³-hybridized carbons (Fsp3) is 0.647. The van der Waals surface area contributed by atoms with E-state index in [1.807, 2.05) is 0 Å². The lowest BCUT2D eigenvalue weighted by atomic mass is 10.0. The van der Waals surface area contributed by atoms with E-state index in [9.17, 15) is 8.42 Å². The fourth-order valence-electron chi connectivity index (χ4n) is 2.38. The summed E-state index contributed by atoms with van der Waals surface area (Å²) in [5.41, 5.74) is 2.64. The average molecular weight is 311 g/mol. The van der Waals surface area contributed by atoms with E-state index in [1.165, 1.54) is 17.4 Å². The number of hydrogen-bond acceptors (Lipinski definition) is 3. The van der Waals surface area contributed by atoms with Gasteiger partial charge in [0.2, 0.25) is 0 Å². The van der Waals surface area contributed by atoms with E-state index < -0.39 is 9.84 Å². The maximum Gasteiger partial charge on any atom is 0.147 e. The minimum Gasteiger partial charge on any atom is -0.314 e. The van der Waals surface area contributed by atoms with Gasteiger partial charge in [0.25, 0.3) is 0 Å². The first kappa shape index (κ1) is 18.2. The molecule has 0 saturated carbocycles. The molecule has 1 N–H and O–H groups in total. The maximum absolute atomic E-state index is 11.2. The van der Waals surface area contributed by atoms with Crippen LogP contribution in [-0.2, 0) is 16.3 Å². The molecule has 0 radical (unpaired) electrons. The molecule has 3 nitrogen and oxygen atoms in total. The second kappa shape index (κ2) is 9.21. The zero-order valence-electron chi connectivity index (χ0n) is 13.6. The summed E-state index contributed by atoms with van der Waals surface area (Å²) < 4.78 is 22.4. The SMILES string of the molecule is CCCNC(CCCS(C)(=O)=O)CCc1ccc(C)cc1. The zero-order chi connectivity index (χ0) is 15.7. The highest BCUT2D eigenvalue weighted by molar-refractivity contribution is 7.90. The number of benzene rings is 1. The quantitative estimate of drug-likeness (QED) is 0.722. The molecule has 0 heterocycles. The molecule has 0 spiro atoms. The van der Waals surface area contributed by atoms with E-state index >= 15 is 0 Å². The van der Waals surface area contributed by atoms with Crippen LogP contribution in [0, 0.1) is 6.92 Å². The van der Waals surface area contributed by atoms with Gasteiger partial charge in [0.15, 0.2) is 0 Å². The van der Waals surface area contributed by atoms with E-state index in [-0.39, 0.29) is 0 Å². The molecule has 0 aliphatic rings. The molecular weight excluding hydrogens is 282 g/mol. The lowest BCUT2D eigenvalue weighted by Crippen LogP contribution is -2.30. The van der Waals surface area contributed by atoms with Gasteiger partial charge in [-0.1, -0.05) is 36.8 Å². The first-order valence-corrected chi connectivity index (χ1v) is 9.93. The van der Waals surface area contributed by atoms with Crippen LogP contribution in [0.5, 0.6) is 0 Å². The van der Waals surface area contributed by atoms with E-state index in [1.54, 1.807) is 0 Å². The molecule has 0 aliphatic heterocycles. The third-order valence-electron chi connectivity index (χ3n) is 3.65. The van der Waals surface area contributed by atoms with Crippen molar-refractivity contribution >= 4 is 9.84 Å². The second-order valence-electron chi connectivity index (χ2n) is 5.95. The summed E-state index contributed by atoms with van der Waals surface area (Å²) in [6.45, 7) is 5.25. The summed E-state index contributed by atoms with van der Waals surface area (Å²) in [5, 5.41) is 3.54. The van der Waals surface area contributed by atoms with E-state index in [2.05, 4.69) is 43.4 Å². The van der Waals surface area contributed by atoms with Crippen LogP contribution in [-0.4, -0.2) is 33.0 Å². The molecule has 1 atom stereocenters. The van der Waals surface area contributed by atoms with Gasteiger partial charge in [0, 0.05) is 18.1 Å². The predicted octanol–water partition coefficient (Wildman–Crippen LogP) is 3.12. The molecule has 0 bridgehead atoms. The van der Waals surface area contributed by atoms with E-state index in [0.29, 0.717) is 11.8 Å². The van der Waals surface area contributed by atoms with Crippen LogP contribution >= 0.6 is 0 Å². The first-order valence-electron chi connectivity index (χ1n) is 7.87. The van der Waals surface area contributed by atoms with Crippen LogP contribution in [0.25, 0.3) is 0 Å². The topological polar surface area (TPSA) is 46.2 Å². The third kappa shape index (κ3) is 8.89. The predicted molar refractivity (Wildman–Crippen MR) is 90.5 cm³/mol. The Bertz CT molecular complexity index is 494. The summed E-state index contributed by atoms with van der Waals surface area (Å²) in [5.74, 6) is 0.293. The lowest BCUT2D eigenvalue weighted by molar-refractivity contribution is 0.448. The van der Waals surface area contributed by atoms with Crippen molar-refractivity contribution in [3.8, 4) is 0 Å². The number of sulfone groups is 1. The lowest BCUT2D eigenvalue weighted by Gasteiger charge is -2.18. The standard InChI is InChI=1S/C17H29NO2S/c1-4-13-18-17(6-5-14-21(3,19)20)12-11-16-9-7-15(2)8-10-16/h7-10,17-18H,4-6,11-14H2,1-3H3. The Labute approximate surface area is 130 Å². The molecule has 1 aromatic carbocycles. The summed E-state index contributed by atoms with van der Waals surface area (Å²) in [4.78, 5) is 0. The van der Waals surface area contributed by atoms with Crippen LogP contribution in [0.1, 0.15) is 43.7 Å². The molecule has 0 fully saturated rings. The van der Waals surface area contributed by atoms with Gasteiger partial charge in [-0.05, 0) is 51.1 Å². The third-order valence-corrected chi connectivity index (χ3v) is 4.68. The molecule has 1 aromatic rings. The molecule has 0 aromatic heterocycles. The highest BCUT2D eigenvalue weighted by atomic mass is 32.2. The Kier molecular flexibility index (Phi) is 7.97. The fourth-order valence-corrected chi connectivity index (χ4v) is 3.08. The second-order valence-corrected chi connectivity index (χ2v) is 8.21. The first-order chi connectivity index (χ1) is 9.90. The summed E-state index contributed by atoms with van der Waals surface area (Å²) in [7, 11) is -2.84. The molecule has 0 amide bonds. The summed E-state index contributed by atoms with van der Waals surface area (Å²) in [6, 6.07) is 9.07. The van der Waals surface area contributed by atoms with Crippen LogP contribution in [0.2, 0.25) is 0 Å². The van der Waals surface area contributed by atoms with Crippen LogP contribution < -0.4 is 5.32 Å². The molecule has 4 heteroatoms. The van der Waals surface area contributed by atoms with Gasteiger partial charge in [-0.25, -0.2) is 8.42 Å². The maximum atomic E-state index is 11.2. The van der Waals surface area contributed by atoms with Gasteiger partial charge in [-0.3, -0.25) is 0 Å². The molecule has 21 heavy (non-hydrogen) atoms. The van der Waals surface area contributed by atoms with Crippen LogP contribution in [0.4, 0.5) is 0 Å². The van der Waals surface area contributed by atoms with Gasteiger partial charge in [-0.2, -0.15) is 0 Å². The van der Waals surface area contributed by atoms with Crippen molar-refractivity contribution < 1.29 is 8.42 Å². The van der Waals surface area contributed by atoms with Crippen molar-refractivity contribution in [2.24, 2.45) is 0 Å². The minimum absolute atomic E-state index is 0.293. The van der Waals surface area contributed by atoms with E-state index in [4.69, 9.17) is 0 Å². The Balaban J connectivity index is 2.43. The Morgan fingerprint density at radius 3 is 2.38 bits per heavy atom. The summed E-state index contributed by atoms with van der Waals surface area (Å²) >= 11 is 0. The van der Waals surface area contributed by atoms with Crippen LogP contribution in [0.15, 0.2) is 24.3 Å². The number of hydrogen-bond donors (Lipinski definition) is 1. The van der Waals surface area contributed by atoms with Crippen molar-refractivity contribution in [3.05, 3.63) is 35.4 Å². The number of rotatable bonds is 10. The van der Waals surface area contributed by atoms with Crippen molar-refractivity contribution in [1.82, 2.24) is 5.32 Å². The van der Waals surface area contributed by atoms with Crippen molar-refractivity contribution in [1.29, 1.82) is 0 Å². The van der Waals surface area contributed by atoms with Gasteiger partial charge >= 0.3 is 0 Å².